The first-order valence-electron chi connectivity index (χ1n) is 4.28. The molecule has 1 aromatic heterocycles. The van der Waals surface area contributed by atoms with E-state index in [9.17, 15) is 0 Å². The highest BCUT2D eigenvalue weighted by molar-refractivity contribution is 5.10. The Morgan fingerprint density at radius 2 is 2.23 bits per heavy atom. The Morgan fingerprint density at radius 3 is 2.85 bits per heavy atom. The second kappa shape index (κ2) is 4.89. The fraction of sp³-hybridized carbons (Fsp3) is 0.556. The van der Waals surface area contributed by atoms with Gasteiger partial charge in [-0.05, 0) is 19.5 Å². The molecule has 0 aromatic carbocycles. The maximum absolute atomic E-state index is 5.44. The van der Waals surface area contributed by atoms with Gasteiger partial charge in [0.15, 0.2) is 5.82 Å². The van der Waals surface area contributed by atoms with Gasteiger partial charge in [-0.25, -0.2) is 9.97 Å². The lowest BCUT2D eigenvalue weighted by Crippen LogP contribution is -2.08. The summed E-state index contributed by atoms with van der Waals surface area (Å²) in [5, 5.41) is 0. The van der Waals surface area contributed by atoms with Crippen LogP contribution in [0.3, 0.4) is 0 Å². The highest BCUT2D eigenvalue weighted by Crippen LogP contribution is 2.01. The van der Waals surface area contributed by atoms with Gasteiger partial charge < -0.3 is 10.5 Å². The molecular weight excluding hydrogens is 166 g/mol. The third-order valence-electron chi connectivity index (χ3n) is 1.63. The predicted octanol–water partition coefficient (Wildman–Crippen LogP) is 0.433. The topological polar surface area (TPSA) is 61.0 Å². The van der Waals surface area contributed by atoms with Crippen molar-refractivity contribution in [2.24, 2.45) is 5.73 Å². The summed E-state index contributed by atoms with van der Waals surface area (Å²) >= 11 is 0. The van der Waals surface area contributed by atoms with Gasteiger partial charge in [-0.15, -0.1) is 0 Å². The van der Waals surface area contributed by atoms with Gasteiger partial charge in [0, 0.05) is 24.9 Å². The second-order valence-corrected chi connectivity index (χ2v) is 2.89. The average Bonchev–Trinajstić information content (AvgIpc) is 2.04. The highest BCUT2D eigenvalue weighted by Gasteiger charge is 2.00. The molecule has 4 heteroatoms. The van der Waals surface area contributed by atoms with E-state index < -0.39 is 0 Å². The van der Waals surface area contributed by atoms with Crippen LogP contribution in [0.1, 0.15) is 17.2 Å². The van der Waals surface area contributed by atoms with Crippen molar-refractivity contribution in [3.05, 3.63) is 23.3 Å². The van der Waals surface area contributed by atoms with E-state index in [0.29, 0.717) is 13.2 Å². The lowest BCUT2D eigenvalue weighted by molar-refractivity contribution is 0.177. The van der Waals surface area contributed by atoms with Crippen molar-refractivity contribution < 1.29 is 4.74 Å². The van der Waals surface area contributed by atoms with Crippen LogP contribution in [-0.4, -0.2) is 23.6 Å². The van der Waals surface area contributed by atoms with Gasteiger partial charge in [0.2, 0.25) is 0 Å². The zero-order valence-corrected chi connectivity index (χ0v) is 8.08. The highest BCUT2D eigenvalue weighted by atomic mass is 16.5. The Kier molecular flexibility index (Phi) is 3.79. The maximum atomic E-state index is 5.44. The fourth-order valence-electron chi connectivity index (χ4n) is 1.17. The third kappa shape index (κ3) is 3.08. The van der Waals surface area contributed by atoms with Crippen LogP contribution in [0, 0.1) is 6.92 Å². The lowest BCUT2D eigenvalue weighted by Gasteiger charge is -2.03. The standard InChI is InChI=1S/C9H15N3O/c1-7-5-8(3-4-10)12-9(11-7)6-13-2/h5H,3-4,6,10H2,1-2H3. The molecule has 0 bridgehead atoms. The van der Waals surface area contributed by atoms with Crippen molar-refractivity contribution in [3.63, 3.8) is 0 Å². The van der Waals surface area contributed by atoms with Crippen molar-refractivity contribution in [2.45, 2.75) is 20.0 Å². The molecule has 0 aliphatic carbocycles. The molecule has 4 nitrogen and oxygen atoms in total. The zero-order chi connectivity index (χ0) is 9.68. The van der Waals surface area contributed by atoms with Crippen LogP contribution < -0.4 is 5.73 Å². The summed E-state index contributed by atoms with van der Waals surface area (Å²) in [6, 6.07) is 1.95. The Labute approximate surface area is 78.1 Å². The van der Waals surface area contributed by atoms with Gasteiger partial charge in [0.25, 0.3) is 0 Å². The van der Waals surface area contributed by atoms with Gasteiger partial charge in [-0.1, -0.05) is 0 Å². The van der Waals surface area contributed by atoms with Crippen molar-refractivity contribution in [1.82, 2.24) is 9.97 Å². The maximum Gasteiger partial charge on any atom is 0.154 e. The molecule has 1 aromatic rings. The first-order chi connectivity index (χ1) is 6.26. The molecule has 2 N–H and O–H groups in total. The van der Waals surface area contributed by atoms with Crippen LogP contribution in [0.5, 0.6) is 0 Å². The van der Waals surface area contributed by atoms with Crippen molar-refractivity contribution >= 4 is 0 Å². The average molecular weight is 181 g/mol. The van der Waals surface area contributed by atoms with Crippen molar-refractivity contribution in [2.75, 3.05) is 13.7 Å². The Bertz CT molecular complexity index is 251. The fourth-order valence-corrected chi connectivity index (χ4v) is 1.17. The molecule has 0 atom stereocenters. The molecule has 1 rings (SSSR count). The SMILES string of the molecule is COCc1nc(C)cc(CCN)n1. The summed E-state index contributed by atoms with van der Waals surface area (Å²) in [6.45, 7) is 3.02. The van der Waals surface area contributed by atoms with E-state index in [2.05, 4.69) is 9.97 Å². The van der Waals surface area contributed by atoms with E-state index in [4.69, 9.17) is 10.5 Å². The molecule has 0 aliphatic rings. The van der Waals surface area contributed by atoms with E-state index >= 15 is 0 Å². The van der Waals surface area contributed by atoms with Crippen LogP contribution in [0.2, 0.25) is 0 Å². The number of aryl methyl sites for hydroxylation is 1. The molecule has 13 heavy (non-hydrogen) atoms. The predicted molar refractivity (Wildman–Crippen MR) is 50.2 cm³/mol. The molecule has 0 saturated heterocycles. The number of rotatable bonds is 4. The number of nitrogens with zero attached hydrogens (tertiary/aromatic N) is 2. The normalized spacial score (nSPS) is 10.4. The molecule has 1 heterocycles. The van der Waals surface area contributed by atoms with Crippen molar-refractivity contribution in [3.8, 4) is 0 Å². The number of hydrogen-bond donors (Lipinski definition) is 1. The van der Waals surface area contributed by atoms with Crippen molar-refractivity contribution in [1.29, 1.82) is 0 Å². The minimum absolute atomic E-state index is 0.458. The Balaban J connectivity index is 2.83. The number of methoxy groups -OCH3 is 1. The van der Waals surface area contributed by atoms with Gasteiger partial charge in [-0.3, -0.25) is 0 Å². The molecule has 0 unspecified atom stereocenters. The van der Waals surface area contributed by atoms with E-state index in [1.165, 1.54) is 0 Å². The Morgan fingerprint density at radius 1 is 1.46 bits per heavy atom. The second-order valence-electron chi connectivity index (χ2n) is 2.89. The van der Waals surface area contributed by atoms with Gasteiger partial charge in [-0.2, -0.15) is 0 Å². The molecule has 0 saturated carbocycles. The molecule has 0 fully saturated rings. The summed E-state index contributed by atoms with van der Waals surface area (Å²) in [4.78, 5) is 8.53. The third-order valence-corrected chi connectivity index (χ3v) is 1.63. The summed E-state index contributed by atoms with van der Waals surface area (Å²) in [7, 11) is 1.63. The Hall–Kier alpha value is -1.00. The largest absolute Gasteiger partial charge is 0.377 e. The van der Waals surface area contributed by atoms with Crippen LogP contribution in [0.4, 0.5) is 0 Å². The molecule has 0 radical (unpaired) electrons. The zero-order valence-electron chi connectivity index (χ0n) is 8.08. The van der Waals surface area contributed by atoms with E-state index in [0.717, 1.165) is 23.6 Å². The van der Waals surface area contributed by atoms with Gasteiger partial charge in [0.1, 0.15) is 6.61 Å². The molecule has 72 valence electrons. The first kappa shape index (κ1) is 10.1. The molecule has 0 spiro atoms. The summed E-state index contributed by atoms with van der Waals surface area (Å²) in [5.74, 6) is 0.728. The first-order valence-corrected chi connectivity index (χ1v) is 4.28. The van der Waals surface area contributed by atoms with Gasteiger partial charge >= 0.3 is 0 Å². The van der Waals surface area contributed by atoms with Crippen LogP contribution in [-0.2, 0) is 17.8 Å². The van der Waals surface area contributed by atoms with E-state index in [-0.39, 0.29) is 0 Å². The van der Waals surface area contributed by atoms with E-state index in [1.54, 1.807) is 7.11 Å². The number of nitrogens with two attached hydrogens (primary N) is 1. The van der Waals surface area contributed by atoms with Crippen LogP contribution in [0.25, 0.3) is 0 Å². The van der Waals surface area contributed by atoms with Crippen LogP contribution in [0.15, 0.2) is 6.07 Å². The monoisotopic (exact) mass is 181 g/mol. The number of hydrogen-bond acceptors (Lipinski definition) is 4. The minimum Gasteiger partial charge on any atom is -0.377 e. The molecule has 0 aliphatic heterocycles. The minimum atomic E-state index is 0.458. The van der Waals surface area contributed by atoms with E-state index in [1.807, 2.05) is 13.0 Å². The summed E-state index contributed by atoms with van der Waals surface area (Å²) < 4.78 is 4.96. The summed E-state index contributed by atoms with van der Waals surface area (Å²) in [5.41, 5.74) is 7.39. The molecular formula is C9H15N3O. The number of aromatic nitrogens is 2. The number of ether oxygens (including phenoxy) is 1. The van der Waals surface area contributed by atoms with Crippen LogP contribution >= 0.6 is 0 Å². The smallest absolute Gasteiger partial charge is 0.154 e. The lowest BCUT2D eigenvalue weighted by atomic mass is 10.2. The molecule has 0 amide bonds. The summed E-state index contributed by atoms with van der Waals surface area (Å²) in [6.07, 6.45) is 0.792. The quantitative estimate of drug-likeness (QED) is 0.731. The van der Waals surface area contributed by atoms with Gasteiger partial charge in [0.05, 0.1) is 0 Å².